The number of nitrogens with zero attached hydrogens (tertiary/aromatic N) is 1. The van der Waals surface area contributed by atoms with Crippen molar-refractivity contribution in [1.82, 2.24) is 9.62 Å². The first-order valence-electron chi connectivity index (χ1n) is 8.16. The Hall–Kier alpha value is -2.27. The highest BCUT2D eigenvalue weighted by Crippen LogP contribution is 2.18. The molecule has 0 aliphatic carbocycles. The van der Waals surface area contributed by atoms with E-state index in [1.54, 1.807) is 0 Å². The standard InChI is InChI=1S/C19H18F2N2O2S/c20-17-8-5-9-18(21)19(17)26(24,25)22-11-3-4-12-23-13-10-15-6-1-2-7-16(15)14-23/h1-2,5-9,22H,10-14H2. The third kappa shape index (κ3) is 4.28. The van der Waals surface area contributed by atoms with Gasteiger partial charge in [0.15, 0.2) is 4.90 Å². The van der Waals surface area contributed by atoms with Crippen molar-refractivity contribution in [3.63, 3.8) is 0 Å². The Kier molecular flexibility index (Phi) is 5.67. The van der Waals surface area contributed by atoms with Crippen LogP contribution in [0.3, 0.4) is 0 Å². The van der Waals surface area contributed by atoms with E-state index in [0.29, 0.717) is 6.54 Å². The third-order valence-electron chi connectivity index (χ3n) is 4.18. The van der Waals surface area contributed by atoms with Gasteiger partial charge in [0.25, 0.3) is 0 Å². The van der Waals surface area contributed by atoms with Gasteiger partial charge in [-0.2, -0.15) is 4.72 Å². The van der Waals surface area contributed by atoms with Crippen LogP contribution in [-0.4, -0.2) is 33.0 Å². The molecule has 0 fully saturated rings. The predicted octanol–water partition coefficient (Wildman–Crippen LogP) is 2.30. The molecule has 0 amide bonds. The average Bonchev–Trinajstić information content (AvgIpc) is 2.61. The maximum absolute atomic E-state index is 13.6. The van der Waals surface area contributed by atoms with Crippen LogP contribution in [-0.2, 0) is 23.0 Å². The molecule has 0 radical (unpaired) electrons. The second kappa shape index (κ2) is 7.96. The number of hydrogen-bond acceptors (Lipinski definition) is 3. The zero-order chi connectivity index (χ0) is 18.6. The van der Waals surface area contributed by atoms with E-state index < -0.39 is 26.6 Å². The monoisotopic (exact) mass is 376 g/mol. The Bertz CT molecular complexity index is 945. The maximum atomic E-state index is 13.6. The second-order valence-electron chi connectivity index (χ2n) is 5.96. The van der Waals surface area contributed by atoms with Crippen LogP contribution in [0.15, 0.2) is 47.4 Å². The first-order chi connectivity index (χ1) is 12.5. The molecular formula is C19H18F2N2O2S. The Balaban J connectivity index is 1.55. The van der Waals surface area contributed by atoms with E-state index in [4.69, 9.17) is 0 Å². The van der Waals surface area contributed by atoms with E-state index in [1.807, 2.05) is 12.1 Å². The van der Waals surface area contributed by atoms with Crippen molar-refractivity contribution < 1.29 is 17.2 Å². The predicted molar refractivity (Wildman–Crippen MR) is 94.7 cm³/mol. The summed E-state index contributed by atoms with van der Waals surface area (Å²) in [4.78, 5) is 1.19. The molecule has 7 heteroatoms. The van der Waals surface area contributed by atoms with Crippen molar-refractivity contribution >= 4 is 10.0 Å². The molecule has 1 N–H and O–H groups in total. The van der Waals surface area contributed by atoms with Gasteiger partial charge in [0.05, 0.1) is 13.1 Å². The zero-order valence-corrected chi connectivity index (χ0v) is 14.8. The lowest BCUT2D eigenvalue weighted by molar-refractivity contribution is 0.286. The summed E-state index contributed by atoms with van der Waals surface area (Å²) in [6, 6.07) is 11.2. The van der Waals surface area contributed by atoms with Crippen molar-refractivity contribution in [2.75, 3.05) is 19.6 Å². The van der Waals surface area contributed by atoms with Crippen molar-refractivity contribution in [2.45, 2.75) is 17.9 Å². The molecule has 2 aromatic rings. The SMILES string of the molecule is O=S(=O)(NCC#CCN1CCc2ccccc2C1)c1c(F)cccc1F. The lowest BCUT2D eigenvalue weighted by Gasteiger charge is -2.26. The fraction of sp³-hybridized carbons (Fsp3) is 0.263. The number of hydrogen-bond donors (Lipinski definition) is 1. The van der Waals surface area contributed by atoms with Gasteiger partial charge >= 0.3 is 0 Å². The molecule has 0 aromatic heterocycles. The van der Waals surface area contributed by atoms with Crippen LogP contribution in [0.25, 0.3) is 0 Å². The Labute approximate surface area is 151 Å². The van der Waals surface area contributed by atoms with Crippen molar-refractivity contribution in [3.8, 4) is 11.8 Å². The van der Waals surface area contributed by atoms with Gasteiger partial charge in [-0.3, -0.25) is 4.90 Å². The van der Waals surface area contributed by atoms with Crippen LogP contribution in [0.4, 0.5) is 8.78 Å². The summed E-state index contributed by atoms with van der Waals surface area (Å²) in [5.41, 5.74) is 2.62. The van der Waals surface area contributed by atoms with Gasteiger partial charge < -0.3 is 0 Å². The number of sulfonamides is 1. The Morgan fingerprint density at radius 3 is 2.42 bits per heavy atom. The topological polar surface area (TPSA) is 49.4 Å². The van der Waals surface area contributed by atoms with Crippen LogP contribution in [0.2, 0.25) is 0 Å². The van der Waals surface area contributed by atoms with Crippen LogP contribution >= 0.6 is 0 Å². The summed E-state index contributed by atoms with van der Waals surface area (Å²) in [5.74, 6) is 3.34. The zero-order valence-electron chi connectivity index (χ0n) is 14.0. The summed E-state index contributed by atoms with van der Waals surface area (Å²) < 4.78 is 53.3. The molecule has 0 saturated heterocycles. The van der Waals surface area contributed by atoms with E-state index >= 15 is 0 Å². The molecule has 136 valence electrons. The minimum absolute atomic E-state index is 0.208. The fourth-order valence-electron chi connectivity index (χ4n) is 2.86. The van der Waals surface area contributed by atoms with Gasteiger partial charge in [-0.25, -0.2) is 17.2 Å². The molecule has 3 rings (SSSR count). The summed E-state index contributed by atoms with van der Waals surface area (Å²) in [7, 11) is -4.28. The normalized spacial score (nSPS) is 14.4. The van der Waals surface area contributed by atoms with Crippen molar-refractivity contribution in [2.24, 2.45) is 0 Å². The number of rotatable bonds is 4. The molecule has 0 bridgehead atoms. The maximum Gasteiger partial charge on any atom is 0.247 e. The van der Waals surface area contributed by atoms with Gasteiger partial charge in [-0.05, 0) is 29.7 Å². The summed E-state index contributed by atoms with van der Waals surface area (Å²) in [6.07, 6.45) is 0.955. The highest BCUT2D eigenvalue weighted by Gasteiger charge is 2.22. The molecule has 0 atom stereocenters. The molecule has 1 heterocycles. The molecule has 26 heavy (non-hydrogen) atoms. The molecule has 0 saturated carbocycles. The van der Waals surface area contributed by atoms with Crippen LogP contribution < -0.4 is 4.72 Å². The molecule has 1 aliphatic heterocycles. The Morgan fingerprint density at radius 2 is 1.69 bits per heavy atom. The smallest absolute Gasteiger partial charge is 0.247 e. The number of benzene rings is 2. The minimum atomic E-state index is -4.28. The number of halogens is 2. The van der Waals surface area contributed by atoms with E-state index in [0.717, 1.165) is 37.7 Å². The van der Waals surface area contributed by atoms with E-state index in [9.17, 15) is 17.2 Å². The van der Waals surface area contributed by atoms with E-state index in [1.165, 1.54) is 11.1 Å². The summed E-state index contributed by atoms with van der Waals surface area (Å²) in [6.45, 7) is 1.99. The summed E-state index contributed by atoms with van der Waals surface area (Å²) >= 11 is 0. The van der Waals surface area contributed by atoms with Crippen LogP contribution in [0.5, 0.6) is 0 Å². The molecule has 2 aromatic carbocycles. The van der Waals surface area contributed by atoms with Crippen molar-refractivity contribution in [1.29, 1.82) is 0 Å². The van der Waals surface area contributed by atoms with Gasteiger partial charge in [0.2, 0.25) is 10.0 Å². The lowest BCUT2D eigenvalue weighted by atomic mass is 10.0. The largest absolute Gasteiger partial charge is 0.288 e. The molecule has 0 unspecified atom stereocenters. The first-order valence-corrected chi connectivity index (χ1v) is 9.64. The minimum Gasteiger partial charge on any atom is -0.288 e. The highest BCUT2D eigenvalue weighted by molar-refractivity contribution is 7.89. The fourth-order valence-corrected chi connectivity index (χ4v) is 3.92. The Morgan fingerprint density at radius 1 is 1.00 bits per heavy atom. The van der Waals surface area contributed by atoms with Gasteiger partial charge in [0.1, 0.15) is 11.6 Å². The molecule has 1 aliphatic rings. The number of nitrogens with one attached hydrogen (secondary N) is 1. The quantitative estimate of drug-likeness (QED) is 0.833. The lowest BCUT2D eigenvalue weighted by Crippen LogP contribution is -2.31. The highest BCUT2D eigenvalue weighted by atomic mass is 32.2. The van der Waals surface area contributed by atoms with Crippen LogP contribution in [0.1, 0.15) is 11.1 Å². The number of fused-ring (bicyclic) bond motifs is 1. The van der Waals surface area contributed by atoms with Gasteiger partial charge in [-0.1, -0.05) is 42.2 Å². The third-order valence-corrected chi connectivity index (χ3v) is 5.63. The first kappa shape index (κ1) is 18.5. The summed E-state index contributed by atoms with van der Waals surface area (Å²) in [5, 5.41) is 0. The van der Waals surface area contributed by atoms with Gasteiger partial charge in [-0.15, -0.1) is 0 Å². The molecule has 4 nitrogen and oxygen atoms in total. The van der Waals surface area contributed by atoms with E-state index in [-0.39, 0.29) is 6.54 Å². The van der Waals surface area contributed by atoms with Crippen molar-refractivity contribution in [3.05, 3.63) is 65.2 Å². The van der Waals surface area contributed by atoms with E-state index in [2.05, 4.69) is 33.6 Å². The van der Waals surface area contributed by atoms with Crippen LogP contribution in [0, 0.1) is 23.5 Å². The molecule has 0 spiro atoms. The average molecular weight is 376 g/mol. The molecular weight excluding hydrogens is 358 g/mol. The second-order valence-corrected chi connectivity index (χ2v) is 7.66. The van der Waals surface area contributed by atoms with Gasteiger partial charge in [0, 0.05) is 13.1 Å².